The molecule has 0 spiro atoms. The normalized spacial score (nSPS) is 11.4. The molecule has 1 aromatic carbocycles. The monoisotopic (exact) mass is 301 g/mol. The van der Waals surface area contributed by atoms with Crippen LogP contribution >= 0.6 is 0 Å². The molecule has 2 aromatic rings. The summed E-state index contributed by atoms with van der Waals surface area (Å²) in [5.74, 6) is 0.456. The van der Waals surface area contributed by atoms with Crippen LogP contribution in [0.1, 0.15) is 42.4 Å². The standard InChI is InChI=1S/C17H23N3O2/c1-11-13(10-20(5)19-11)16(21)18-14-9-12(17(2,3)4)7-8-15(14)22-6/h7-10H,1-6H3,(H,18,21). The lowest BCUT2D eigenvalue weighted by Gasteiger charge is -2.21. The summed E-state index contributed by atoms with van der Waals surface area (Å²) in [4.78, 5) is 12.5. The molecule has 1 amide bonds. The molecular weight excluding hydrogens is 278 g/mol. The maximum absolute atomic E-state index is 12.5. The van der Waals surface area contributed by atoms with E-state index in [9.17, 15) is 4.79 Å². The molecule has 1 N–H and O–H groups in total. The fraction of sp³-hybridized carbons (Fsp3) is 0.412. The van der Waals surface area contributed by atoms with E-state index in [2.05, 4.69) is 31.2 Å². The molecule has 118 valence electrons. The molecule has 0 saturated heterocycles. The van der Waals surface area contributed by atoms with E-state index in [0.717, 1.165) is 5.56 Å². The number of carbonyl (C=O) groups is 1. The molecule has 22 heavy (non-hydrogen) atoms. The van der Waals surface area contributed by atoms with Crippen LogP contribution in [0.2, 0.25) is 0 Å². The molecule has 5 nitrogen and oxygen atoms in total. The van der Waals surface area contributed by atoms with Gasteiger partial charge in [0.05, 0.1) is 24.1 Å². The predicted octanol–water partition coefficient (Wildman–Crippen LogP) is 3.29. The minimum atomic E-state index is -0.185. The third kappa shape index (κ3) is 3.30. The zero-order valence-electron chi connectivity index (χ0n) is 14.0. The minimum absolute atomic E-state index is 0.00400. The molecule has 0 aliphatic carbocycles. The van der Waals surface area contributed by atoms with Crippen LogP contribution in [0, 0.1) is 6.92 Å². The number of aryl methyl sites for hydroxylation is 2. The number of ether oxygens (including phenoxy) is 1. The highest BCUT2D eigenvalue weighted by Gasteiger charge is 2.18. The van der Waals surface area contributed by atoms with Crippen molar-refractivity contribution >= 4 is 11.6 Å². The maximum Gasteiger partial charge on any atom is 0.259 e. The molecule has 0 saturated carbocycles. The summed E-state index contributed by atoms with van der Waals surface area (Å²) >= 11 is 0. The van der Waals surface area contributed by atoms with E-state index in [1.165, 1.54) is 0 Å². The van der Waals surface area contributed by atoms with Crippen LogP contribution in [0.15, 0.2) is 24.4 Å². The number of hydrogen-bond donors (Lipinski definition) is 1. The number of carbonyl (C=O) groups excluding carboxylic acids is 1. The van der Waals surface area contributed by atoms with Crippen LogP contribution in [0.4, 0.5) is 5.69 Å². The van der Waals surface area contributed by atoms with E-state index in [-0.39, 0.29) is 11.3 Å². The first-order chi connectivity index (χ1) is 10.2. The van der Waals surface area contributed by atoms with Crippen LogP contribution in [-0.4, -0.2) is 22.8 Å². The molecule has 0 unspecified atom stereocenters. The number of rotatable bonds is 3. The molecule has 5 heteroatoms. The van der Waals surface area contributed by atoms with Crippen molar-refractivity contribution in [1.29, 1.82) is 0 Å². The Labute approximate surface area is 131 Å². The van der Waals surface area contributed by atoms with Gasteiger partial charge in [-0.1, -0.05) is 26.8 Å². The topological polar surface area (TPSA) is 56.1 Å². The number of amides is 1. The van der Waals surface area contributed by atoms with E-state index in [1.54, 1.807) is 25.0 Å². The number of anilines is 1. The Balaban J connectivity index is 2.35. The fourth-order valence-electron chi connectivity index (χ4n) is 2.28. The Kier molecular flexibility index (Phi) is 4.26. The van der Waals surface area contributed by atoms with Crippen LogP contribution in [0.3, 0.4) is 0 Å². The number of aromatic nitrogens is 2. The van der Waals surface area contributed by atoms with E-state index in [0.29, 0.717) is 22.7 Å². The van der Waals surface area contributed by atoms with Crippen molar-refractivity contribution in [1.82, 2.24) is 9.78 Å². The van der Waals surface area contributed by atoms with E-state index in [1.807, 2.05) is 25.1 Å². The second-order valence-electron chi connectivity index (χ2n) is 6.42. The maximum atomic E-state index is 12.5. The Morgan fingerprint density at radius 2 is 2.00 bits per heavy atom. The van der Waals surface area contributed by atoms with Crippen molar-refractivity contribution in [3.05, 3.63) is 41.2 Å². The van der Waals surface area contributed by atoms with Crippen LogP contribution in [-0.2, 0) is 12.5 Å². The largest absolute Gasteiger partial charge is 0.495 e. The van der Waals surface area contributed by atoms with Gasteiger partial charge in [-0.3, -0.25) is 9.48 Å². The summed E-state index contributed by atoms with van der Waals surface area (Å²) in [6, 6.07) is 5.86. The summed E-state index contributed by atoms with van der Waals surface area (Å²) < 4.78 is 6.98. The molecular formula is C17H23N3O2. The predicted molar refractivity (Wildman–Crippen MR) is 87.6 cm³/mol. The third-order valence-electron chi connectivity index (χ3n) is 3.57. The molecule has 2 rings (SSSR count). The minimum Gasteiger partial charge on any atom is -0.495 e. The van der Waals surface area contributed by atoms with Crippen molar-refractivity contribution in [3.63, 3.8) is 0 Å². The lowest BCUT2D eigenvalue weighted by atomic mass is 9.87. The van der Waals surface area contributed by atoms with Gasteiger partial charge in [-0.2, -0.15) is 5.10 Å². The van der Waals surface area contributed by atoms with Gasteiger partial charge in [0.15, 0.2) is 0 Å². The molecule has 0 fully saturated rings. The Morgan fingerprint density at radius 3 is 2.50 bits per heavy atom. The number of nitrogens with zero attached hydrogens (tertiary/aromatic N) is 2. The quantitative estimate of drug-likeness (QED) is 0.946. The molecule has 1 aromatic heterocycles. The van der Waals surface area contributed by atoms with Gasteiger partial charge in [-0.05, 0) is 30.0 Å². The fourth-order valence-corrected chi connectivity index (χ4v) is 2.28. The van der Waals surface area contributed by atoms with Gasteiger partial charge in [0.25, 0.3) is 5.91 Å². The van der Waals surface area contributed by atoms with Crippen molar-refractivity contribution in [3.8, 4) is 5.75 Å². The highest BCUT2D eigenvalue weighted by atomic mass is 16.5. The van der Waals surface area contributed by atoms with Crippen molar-refractivity contribution in [2.75, 3.05) is 12.4 Å². The number of benzene rings is 1. The summed E-state index contributed by atoms with van der Waals surface area (Å²) in [6.45, 7) is 8.21. The zero-order chi connectivity index (χ0) is 16.5. The van der Waals surface area contributed by atoms with Gasteiger partial charge in [0.1, 0.15) is 5.75 Å². The number of hydrogen-bond acceptors (Lipinski definition) is 3. The summed E-state index contributed by atoms with van der Waals surface area (Å²) in [6.07, 6.45) is 1.71. The van der Waals surface area contributed by atoms with Gasteiger partial charge in [-0.25, -0.2) is 0 Å². The van der Waals surface area contributed by atoms with Crippen LogP contribution in [0.25, 0.3) is 0 Å². The van der Waals surface area contributed by atoms with Gasteiger partial charge in [0.2, 0.25) is 0 Å². The highest BCUT2D eigenvalue weighted by molar-refractivity contribution is 6.05. The average molecular weight is 301 g/mol. The molecule has 0 bridgehead atoms. The first-order valence-electron chi connectivity index (χ1n) is 7.22. The Hall–Kier alpha value is -2.30. The smallest absolute Gasteiger partial charge is 0.259 e. The molecule has 0 radical (unpaired) electrons. The Morgan fingerprint density at radius 1 is 1.32 bits per heavy atom. The number of methoxy groups -OCH3 is 1. The van der Waals surface area contributed by atoms with Crippen LogP contribution < -0.4 is 10.1 Å². The average Bonchev–Trinajstić information content (AvgIpc) is 2.76. The summed E-state index contributed by atoms with van der Waals surface area (Å²) in [5, 5.41) is 7.12. The molecule has 0 atom stereocenters. The Bertz CT molecular complexity index is 696. The lowest BCUT2D eigenvalue weighted by molar-refractivity contribution is 0.102. The molecule has 0 aliphatic heterocycles. The first-order valence-corrected chi connectivity index (χ1v) is 7.22. The second kappa shape index (κ2) is 5.83. The van der Waals surface area contributed by atoms with Crippen molar-refractivity contribution in [2.45, 2.75) is 33.1 Å². The van der Waals surface area contributed by atoms with Crippen molar-refractivity contribution in [2.24, 2.45) is 7.05 Å². The van der Waals surface area contributed by atoms with E-state index in [4.69, 9.17) is 4.74 Å². The number of nitrogens with one attached hydrogen (secondary N) is 1. The third-order valence-corrected chi connectivity index (χ3v) is 3.57. The van der Waals surface area contributed by atoms with Crippen LogP contribution in [0.5, 0.6) is 5.75 Å². The highest BCUT2D eigenvalue weighted by Crippen LogP contribution is 2.31. The van der Waals surface area contributed by atoms with E-state index >= 15 is 0 Å². The zero-order valence-corrected chi connectivity index (χ0v) is 14.0. The van der Waals surface area contributed by atoms with Gasteiger partial charge < -0.3 is 10.1 Å². The molecule has 0 aliphatic rings. The van der Waals surface area contributed by atoms with Gasteiger partial charge in [0, 0.05) is 13.2 Å². The SMILES string of the molecule is COc1ccc(C(C)(C)C)cc1NC(=O)c1cn(C)nc1C. The summed E-state index contributed by atoms with van der Waals surface area (Å²) in [5.41, 5.74) is 3.06. The second-order valence-corrected chi connectivity index (χ2v) is 6.42. The van der Waals surface area contributed by atoms with E-state index < -0.39 is 0 Å². The first kappa shape index (κ1) is 16.1. The summed E-state index contributed by atoms with van der Waals surface area (Å²) in [7, 11) is 3.39. The van der Waals surface area contributed by atoms with Gasteiger partial charge >= 0.3 is 0 Å². The van der Waals surface area contributed by atoms with Crippen molar-refractivity contribution < 1.29 is 9.53 Å². The lowest BCUT2D eigenvalue weighted by Crippen LogP contribution is -2.16. The van der Waals surface area contributed by atoms with Gasteiger partial charge in [-0.15, -0.1) is 0 Å². The molecule has 1 heterocycles.